The molecule has 2 aromatic carbocycles. The highest BCUT2D eigenvalue weighted by Crippen LogP contribution is 2.24. The summed E-state index contributed by atoms with van der Waals surface area (Å²) in [5, 5.41) is 6.62. The lowest BCUT2D eigenvalue weighted by Gasteiger charge is -2.19. The molecule has 0 spiro atoms. The van der Waals surface area contributed by atoms with Crippen LogP contribution in [0.3, 0.4) is 0 Å². The Hall–Kier alpha value is -2.49. The number of rotatable bonds is 6. The third-order valence-electron chi connectivity index (χ3n) is 4.70. The smallest absolute Gasteiger partial charge is 0.229 e. The molecule has 0 radical (unpaired) electrons. The zero-order valence-electron chi connectivity index (χ0n) is 16.8. The maximum atomic E-state index is 12.4. The van der Waals surface area contributed by atoms with Crippen LogP contribution in [0.15, 0.2) is 53.5 Å². The van der Waals surface area contributed by atoms with Gasteiger partial charge in [0.1, 0.15) is 11.5 Å². The molecule has 1 amide bonds. The Balaban J connectivity index is 0.00000300. The van der Waals surface area contributed by atoms with E-state index in [4.69, 9.17) is 9.47 Å². The Morgan fingerprint density at radius 3 is 2.59 bits per heavy atom. The molecule has 2 N–H and O–H groups in total. The zero-order chi connectivity index (χ0) is 19.9. The third kappa shape index (κ3) is 5.75. The van der Waals surface area contributed by atoms with Crippen LogP contribution in [0.1, 0.15) is 12.0 Å². The first-order valence-electron chi connectivity index (χ1n) is 9.18. The minimum Gasteiger partial charge on any atom is -0.497 e. The molecule has 0 aromatic heterocycles. The molecule has 1 heterocycles. The van der Waals surface area contributed by atoms with Crippen molar-refractivity contribution in [3.8, 4) is 11.5 Å². The Morgan fingerprint density at radius 1 is 1.17 bits per heavy atom. The van der Waals surface area contributed by atoms with Crippen LogP contribution in [0, 0.1) is 0 Å². The molecule has 1 aliphatic heterocycles. The largest absolute Gasteiger partial charge is 0.497 e. The van der Waals surface area contributed by atoms with E-state index in [1.165, 1.54) is 0 Å². The van der Waals surface area contributed by atoms with E-state index in [2.05, 4.69) is 15.6 Å². The molecule has 156 valence electrons. The van der Waals surface area contributed by atoms with E-state index in [9.17, 15) is 4.79 Å². The predicted octanol–water partition coefficient (Wildman–Crippen LogP) is 2.79. The van der Waals surface area contributed by atoms with Gasteiger partial charge < -0.3 is 25.0 Å². The molecule has 8 heteroatoms. The highest BCUT2D eigenvalue weighted by molar-refractivity contribution is 14.0. The first kappa shape index (κ1) is 22.8. The van der Waals surface area contributed by atoms with Crippen molar-refractivity contribution < 1.29 is 14.3 Å². The number of ether oxygens (including phenoxy) is 2. The summed E-state index contributed by atoms with van der Waals surface area (Å²) in [5.74, 6) is 2.24. The molecule has 1 atom stereocenters. The predicted molar refractivity (Wildman–Crippen MR) is 125 cm³/mol. The zero-order valence-corrected chi connectivity index (χ0v) is 19.2. The number of hydrogen-bond donors (Lipinski definition) is 2. The van der Waals surface area contributed by atoms with Gasteiger partial charge in [0, 0.05) is 43.9 Å². The third-order valence-corrected chi connectivity index (χ3v) is 4.70. The highest BCUT2D eigenvalue weighted by atomic mass is 127. The number of anilines is 1. The number of nitrogens with zero attached hydrogens (tertiary/aromatic N) is 2. The van der Waals surface area contributed by atoms with E-state index >= 15 is 0 Å². The molecular formula is C21H27IN4O3. The maximum absolute atomic E-state index is 12.4. The lowest BCUT2D eigenvalue weighted by Crippen LogP contribution is -2.44. The number of carbonyl (C=O) groups is 1. The van der Waals surface area contributed by atoms with E-state index in [1.54, 1.807) is 26.2 Å². The number of benzene rings is 2. The number of amides is 1. The van der Waals surface area contributed by atoms with Crippen molar-refractivity contribution in [3.63, 3.8) is 0 Å². The molecule has 0 bridgehead atoms. The van der Waals surface area contributed by atoms with Crippen LogP contribution in [-0.4, -0.2) is 45.7 Å². The summed E-state index contributed by atoms with van der Waals surface area (Å²) < 4.78 is 10.7. The number of methoxy groups -OCH3 is 2. The summed E-state index contributed by atoms with van der Waals surface area (Å²) in [6, 6.07) is 15.4. The van der Waals surface area contributed by atoms with Crippen LogP contribution >= 0.6 is 24.0 Å². The number of carbonyl (C=O) groups excluding carboxylic acids is 1. The van der Waals surface area contributed by atoms with Gasteiger partial charge in [0.2, 0.25) is 5.91 Å². The highest BCUT2D eigenvalue weighted by Gasteiger charge is 2.31. The minimum absolute atomic E-state index is 0. The van der Waals surface area contributed by atoms with Gasteiger partial charge >= 0.3 is 0 Å². The molecule has 7 nitrogen and oxygen atoms in total. The van der Waals surface area contributed by atoms with Gasteiger partial charge in [-0.2, -0.15) is 0 Å². The normalized spacial score (nSPS) is 16.2. The molecule has 29 heavy (non-hydrogen) atoms. The van der Waals surface area contributed by atoms with Gasteiger partial charge in [-0.25, -0.2) is 0 Å². The van der Waals surface area contributed by atoms with Crippen molar-refractivity contribution in [2.75, 3.05) is 32.7 Å². The van der Waals surface area contributed by atoms with Gasteiger partial charge in [0.15, 0.2) is 5.96 Å². The fourth-order valence-corrected chi connectivity index (χ4v) is 3.23. The molecule has 1 aliphatic rings. The first-order valence-corrected chi connectivity index (χ1v) is 9.18. The summed E-state index contributed by atoms with van der Waals surface area (Å²) in [6.07, 6.45) is 0.432. The van der Waals surface area contributed by atoms with E-state index < -0.39 is 0 Å². The van der Waals surface area contributed by atoms with Gasteiger partial charge in [0.25, 0.3) is 0 Å². The number of nitrogens with one attached hydrogen (secondary N) is 2. The molecule has 1 fully saturated rings. The minimum atomic E-state index is -0.00308. The second-order valence-electron chi connectivity index (χ2n) is 6.49. The second kappa shape index (κ2) is 10.9. The van der Waals surface area contributed by atoms with Gasteiger partial charge in [-0.15, -0.1) is 24.0 Å². The summed E-state index contributed by atoms with van der Waals surface area (Å²) in [7, 11) is 4.97. The summed E-state index contributed by atoms with van der Waals surface area (Å²) in [5.41, 5.74) is 1.90. The number of guanidine groups is 1. The van der Waals surface area contributed by atoms with Crippen molar-refractivity contribution in [2.24, 2.45) is 4.99 Å². The molecule has 0 aliphatic carbocycles. The maximum Gasteiger partial charge on any atom is 0.229 e. The summed E-state index contributed by atoms with van der Waals surface area (Å²) >= 11 is 0. The average Bonchev–Trinajstić information content (AvgIpc) is 3.11. The van der Waals surface area contributed by atoms with Crippen LogP contribution in [0.5, 0.6) is 11.5 Å². The lowest BCUT2D eigenvalue weighted by atomic mass is 10.2. The number of hydrogen-bond acceptors (Lipinski definition) is 4. The number of aliphatic imine (C=N–C) groups is 1. The fraction of sp³-hybridized carbons (Fsp3) is 0.333. The second-order valence-corrected chi connectivity index (χ2v) is 6.49. The SMILES string of the molecule is CN=C(NCc1ccc(OC)cc1OC)NC1CC(=O)N(c2ccccc2)C1.I. The van der Waals surface area contributed by atoms with Crippen LogP contribution in [-0.2, 0) is 11.3 Å². The van der Waals surface area contributed by atoms with Gasteiger partial charge in [-0.1, -0.05) is 18.2 Å². The van der Waals surface area contributed by atoms with E-state index in [1.807, 2.05) is 48.5 Å². The number of para-hydroxylation sites is 1. The Kier molecular flexibility index (Phi) is 8.56. The monoisotopic (exact) mass is 510 g/mol. The van der Waals surface area contributed by atoms with Crippen molar-refractivity contribution in [2.45, 2.75) is 19.0 Å². The van der Waals surface area contributed by atoms with Gasteiger partial charge in [-0.05, 0) is 24.3 Å². The van der Waals surface area contributed by atoms with Crippen LogP contribution in [0.25, 0.3) is 0 Å². The Morgan fingerprint density at radius 2 is 1.93 bits per heavy atom. The Labute approximate surface area is 188 Å². The van der Waals surface area contributed by atoms with Crippen molar-refractivity contribution >= 4 is 41.5 Å². The molecule has 0 saturated carbocycles. The topological polar surface area (TPSA) is 75.2 Å². The molecule has 3 rings (SSSR count). The summed E-state index contributed by atoms with van der Waals surface area (Å²) in [4.78, 5) is 18.5. The Bertz CT molecular complexity index is 845. The summed E-state index contributed by atoms with van der Waals surface area (Å²) in [6.45, 7) is 1.14. The van der Waals surface area contributed by atoms with E-state index in [-0.39, 0.29) is 35.9 Å². The number of halogens is 1. The average molecular weight is 510 g/mol. The molecule has 1 saturated heterocycles. The molecule has 1 unspecified atom stereocenters. The van der Waals surface area contributed by atoms with Crippen molar-refractivity contribution in [1.29, 1.82) is 0 Å². The standard InChI is InChI=1S/C21H26N4O3.HI/c1-22-21(23-13-15-9-10-18(27-2)12-19(15)28-3)24-16-11-20(26)25(14-16)17-7-5-4-6-8-17;/h4-10,12,16H,11,13-14H2,1-3H3,(H2,22,23,24);1H. The van der Waals surface area contributed by atoms with Crippen LogP contribution < -0.4 is 25.0 Å². The molecular weight excluding hydrogens is 483 g/mol. The van der Waals surface area contributed by atoms with E-state index in [0.717, 1.165) is 22.7 Å². The molecule has 2 aromatic rings. The van der Waals surface area contributed by atoms with Gasteiger partial charge in [0.05, 0.1) is 20.3 Å². The van der Waals surface area contributed by atoms with E-state index in [0.29, 0.717) is 25.5 Å². The van der Waals surface area contributed by atoms with Gasteiger partial charge in [-0.3, -0.25) is 9.79 Å². The van der Waals surface area contributed by atoms with Crippen LogP contribution in [0.4, 0.5) is 5.69 Å². The van der Waals surface area contributed by atoms with Crippen molar-refractivity contribution in [1.82, 2.24) is 10.6 Å². The van der Waals surface area contributed by atoms with Crippen molar-refractivity contribution in [3.05, 3.63) is 54.1 Å². The van der Waals surface area contributed by atoms with Crippen LogP contribution in [0.2, 0.25) is 0 Å². The lowest BCUT2D eigenvalue weighted by molar-refractivity contribution is -0.117. The first-order chi connectivity index (χ1) is 13.6. The fourth-order valence-electron chi connectivity index (χ4n) is 3.23. The quantitative estimate of drug-likeness (QED) is 0.355.